The molecule has 1 saturated heterocycles. The van der Waals surface area contributed by atoms with Crippen molar-refractivity contribution in [1.29, 1.82) is 0 Å². The zero-order valence-corrected chi connectivity index (χ0v) is 19.7. The summed E-state index contributed by atoms with van der Waals surface area (Å²) in [6, 6.07) is 1.32. The van der Waals surface area contributed by atoms with Gasteiger partial charge in [0.05, 0.1) is 35.1 Å². The lowest BCUT2D eigenvalue weighted by Crippen LogP contribution is -2.62. The van der Waals surface area contributed by atoms with Crippen molar-refractivity contribution in [2.75, 3.05) is 40.0 Å². The molecule has 1 aliphatic rings. The summed E-state index contributed by atoms with van der Waals surface area (Å²) in [6.07, 6.45) is 1.90. The van der Waals surface area contributed by atoms with Crippen molar-refractivity contribution in [2.24, 2.45) is 0 Å². The van der Waals surface area contributed by atoms with Crippen molar-refractivity contribution in [3.05, 3.63) is 33.2 Å². The third-order valence-electron chi connectivity index (χ3n) is 6.68. The summed E-state index contributed by atoms with van der Waals surface area (Å²) in [7, 11) is 1.53. The summed E-state index contributed by atoms with van der Waals surface area (Å²) in [5.41, 5.74) is -0.510. The van der Waals surface area contributed by atoms with Gasteiger partial charge in [-0.05, 0) is 25.3 Å². The molecule has 2 N–H and O–H groups in total. The molecule has 1 aliphatic heterocycles. The molecule has 2 heterocycles. The molecule has 0 aliphatic carbocycles. The van der Waals surface area contributed by atoms with Crippen LogP contribution in [0.5, 0.6) is 11.5 Å². The zero-order valence-electron chi connectivity index (χ0n) is 19.7. The quantitative estimate of drug-likeness (QED) is 0.332. The molecule has 1 amide bonds. The van der Waals surface area contributed by atoms with Gasteiger partial charge in [0.1, 0.15) is 18.1 Å². The highest BCUT2D eigenvalue weighted by molar-refractivity contribution is 6.02. The van der Waals surface area contributed by atoms with E-state index in [0.29, 0.717) is 43.5 Å². The van der Waals surface area contributed by atoms with Gasteiger partial charge in [-0.1, -0.05) is 13.8 Å². The number of carbonyl (C=O) groups excluding carboxylic acids is 2. The number of hydrogen-bond acceptors (Lipinski definition) is 8. The van der Waals surface area contributed by atoms with Gasteiger partial charge in [-0.2, -0.15) is 0 Å². The molecule has 9 heteroatoms. The van der Waals surface area contributed by atoms with Crippen molar-refractivity contribution in [3.63, 3.8) is 0 Å². The molecule has 2 aromatic rings. The number of nitrogens with one attached hydrogen (secondary N) is 1. The topological polar surface area (TPSA) is 118 Å². The summed E-state index contributed by atoms with van der Waals surface area (Å²) in [4.78, 5) is 39.8. The molecule has 0 spiro atoms. The fourth-order valence-corrected chi connectivity index (χ4v) is 4.59. The Bertz CT molecular complexity index is 1090. The summed E-state index contributed by atoms with van der Waals surface area (Å²) in [5.74, 6) is -0.252. The lowest BCUT2D eigenvalue weighted by molar-refractivity contribution is -0.139. The Labute approximate surface area is 192 Å². The van der Waals surface area contributed by atoms with Crippen molar-refractivity contribution >= 4 is 23.2 Å². The van der Waals surface area contributed by atoms with Gasteiger partial charge in [0, 0.05) is 32.8 Å². The number of ether oxygens (including phenoxy) is 2. The Morgan fingerprint density at radius 3 is 2.70 bits per heavy atom. The first kappa shape index (κ1) is 24.7. The maximum absolute atomic E-state index is 13.4. The SMILES string of the molecule is CCC1(CC)CNCCN1C(=O)Cc1c(C)c2c(OCCOC)cc(O)c(C=O)c2oc1=O. The molecule has 1 aromatic heterocycles. The predicted molar refractivity (Wildman–Crippen MR) is 123 cm³/mol. The molecular weight excluding hydrogens is 428 g/mol. The molecule has 0 saturated carbocycles. The van der Waals surface area contributed by atoms with E-state index in [2.05, 4.69) is 19.2 Å². The van der Waals surface area contributed by atoms with Gasteiger partial charge in [0.25, 0.3) is 0 Å². The molecule has 1 fully saturated rings. The smallest absolute Gasteiger partial charge is 0.340 e. The fourth-order valence-electron chi connectivity index (χ4n) is 4.59. The highest BCUT2D eigenvalue weighted by Crippen LogP contribution is 2.37. The van der Waals surface area contributed by atoms with E-state index in [1.807, 2.05) is 4.90 Å². The third-order valence-corrected chi connectivity index (χ3v) is 6.68. The predicted octanol–water partition coefficient (Wildman–Crippen LogP) is 2.18. The van der Waals surface area contributed by atoms with E-state index in [1.165, 1.54) is 13.2 Å². The second kappa shape index (κ2) is 10.4. The van der Waals surface area contributed by atoms with Crippen LogP contribution in [-0.4, -0.2) is 67.7 Å². The number of piperazine rings is 1. The van der Waals surface area contributed by atoms with E-state index < -0.39 is 5.63 Å². The van der Waals surface area contributed by atoms with Gasteiger partial charge in [0.2, 0.25) is 5.91 Å². The van der Waals surface area contributed by atoms with E-state index in [4.69, 9.17) is 13.9 Å². The summed E-state index contributed by atoms with van der Waals surface area (Å²) < 4.78 is 16.2. The number of benzene rings is 1. The number of methoxy groups -OCH3 is 1. The van der Waals surface area contributed by atoms with Gasteiger partial charge < -0.3 is 29.2 Å². The number of aromatic hydroxyl groups is 1. The van der Waals surface area contributed by atoms with Crippen LogP contribution in [-0.2, 0) is 16.0 Å². The number of rotatable bonds is 9. The molecule has 3 rings (SSSR count). The van der Waals surface area contributed by atoms with Gasteiger partial charge in [0.15, 0.2) is 11.9 Å². The molecule has 9 nitrogen and oxygen atoms in total. The monoisotopic (exact) mass is 460 g/mol. The standard InChI is InChI=1S/C24H32N2O7/c1-5-24(6-2)14-25-7-8-26(24)20(29)11-16-15(3)21-19(32-10-9-31-4)12-18(28)17(13-27)22(21)33-23(16)30/h12-13,25,28H,5-11,14H2,1-4H3. The van der Waals surface area contributed by atoms with E-state index in [-0.39, 0.29) is 52.7 Å². The number of nitrogens with zero attached hydrogens (tertiary/aromatic N) is 1. The van der Waals surface area contributed by atoms with Crippen LogP contribution < -0.4 is 15.7 Å². The molecule has 0 atom stereocenters. The lowest BCUT2D eigenvalue weighted by atomic mass is 9.88. The van der Waals surface area contributed by atoms with Crippen molar-refractivity contribution < 1.29 is 28.6 Å². The Kier molecular flexibility index (Phi) is 7.76. The maximum Gasteiger partial charge on any atom is 0.340 e. The largest absolute Gasteiger partial charge is 0.507 e. The number of aryl methyl sites for hydroxylation is 1. The first-order valence-electron chi connectivity index (χ1n) is 11.2. The summed E-state index contributed by atoms with van der Waals surface area (Å²) in [6.45, 7) is 8.27. The van der Waals surface area contributed by atoms with Crippen LogP contribution in [0.15, 0.2) is 15.3 Å². The van der Waals surface area contributed by atoms with E-state index in [0.717, 1.165) is 12.8 Å². The first-order valence-corrected chi connectivity index (χ1v) is 11.2. The van der Waals surface area contributed by atoms with Crippen LogP contribution in [0.3, 0.4) is 0 Å². The Morgan fingerprint density at radius 2 is 2.06 bits per heavy atom. The minimum absolute atomic E-state index is 0.0604. The molecule has 0 radical (unpaired) electrons. The van der Waals surface area contributed by atoms with Crippen LogP contribution in [0.2, 0.25) is 0 Å². The third kappa shape index (κ3) is 4.60. The van der Waals surface area contributed by atoms with Crippen molar-refractivity contribution in [2.45, 2.75) is 45.6 Å². The van der Waals surface area contributed by atoms with Crippen LogP contribution in [0.25, 0.3) is 11.0 Å². The number of phenols is 1. The normalized spacial score (nSPS) is 15.6. The number of phenolic OH excluding ortho intramolecular Hbond substituents is 1. The number of hydrogen-bond donors (Lipinski definition) is 2. The van der Waals surface area contributed by atoms with Crippen LogP contribution in [0.1, 0.15) is 48.2 Å². The van der Waals surface area contributed by atoms with E-state index >= 15 is 0 Å². The molecular formula is C24H32N2O7. The van der Waals surface area contributed by atoms with Crippen LogP contribution in [0.4, 0.5) is 0 Å². The molecule has 0 unspecified atom stereocenters. The fraction of sp³-hybridized carbons (Fsp3) is 0.542. The lowest BCUT2D eigenvalue weighted by Gasteiger charge is -2.47. The van der Waals surface area contributed by atoms with Gasteiger partial charge in [-0.25, -0.2) is 4.79 Å². The Hall–Kier alpha value is -2.91. The summed E-state index contributed by atoms with van der Waals surface area (Å²) >= 11 is 0. The zero-order chi connectivity index (χ0) is 24.2. The van der Waals surface area contributed by atoms with Gasteiger partial charge >= 0.3 is 5.63 Å². The van der Waals surface area contributed by atoms with Crippen LogP contribution in [0, 0.1) is 6.92 Å². The summed E-state index contributed by atoms with van der Waals surface area (Å²) in [5, 5.41) is 14.0. The van der Waals surface area contributed by atoms with Gasteiger partial charge in [-0.3, -0.25) is 9.59 Å². The Morgan fingerprint density at radius 1 is 1.33 bits per heavy atom. The number of amides is 1. The van der Waals surface area contributed by atoms with E-state index in [1.54, 1.807) is 6.92 Å². The van der Waals surface area contributed by atoms with Gasteiger partial charge in [-0.15, -0.1) is 0 Å². The first-order chi connectivity index (χ1) is 15.8. The van der Waals surface area contributed by atoms with Crippen LogP contribution >= 0.6 is 0 Å². The van der Waals surface area contributed by atoms with E-state index in [9.17, 15) is 19.5 Å². The second-order valence-corrected chi connectivity index (χ2v) is 8.29. The number of carbonyl (C=O) groups is 2. The number of aldehydes is 1. The highest BCUT2D eigenvalue weighted by atomic mass is 16.5. The number of fused-ring (bicyclic) bond motifs is 1. The minimum atomic E-state index is -0.710. The molecule has 33 heavy (non-hydrogen) atoms. The van der Waals surface area contributed by atoms with Crippen molar-refractivity contribution in [1.82, 2.24) is 10.2 Å². The second-order valence-electron chi connectivity index (χ2n) is 8.29. The average Bonchev–Trinajstić information content (AvgIpc) is 2.81. The highest BCUT2D eigenvalue weighted by Gasteiger charge is 2.39. The molecule has 0 bridgehead atoms. The minimum Gasteiger partial charge on any atom is -0.507 e. The maximum atomic E-state index is 13.4. The molecule has 1 aromatic carbocycles. The average molecular weight is 461 g/mol. The van der Waals surface area contributed by atoms with Crippen molar-refractivity contribution in [3.8, 4) is 11.5 Å². The molecule has 180 valence electrons. The Balaban J connectivity index is 2.09.